The number of amides is 1. The molecule has 1 atom stereocenters. The van der Waals surface area contributed by atoms with Gasteiger partial charge in [-0.05, 0) is 48.7 Å². The van der Waals surface area contributed by atoms with Crippen LogP contribution in [0.3, 0.4) is 0 Å². The number of carboxylic acids is 1. The molecular formula is C22H22Cl2N4O5S. The summed E-state index contributed by atoms with van der Waals surface area (Å²) in [4.78, 5) is 25.1. The van der Waals surface area contributed by atoms with Gasteiger partial charge in [-0.1, -0.05) is 35.3 Å². The lowest BCUT2D eigenvalue weighted by Gasteiger charge is -2.42. The van der Waals surface area contributed by atoms with Crippen LogP contribution in [0.2, 0.25) is 10.0 Å². The van der Waals surface area contributed by atoms with Gasteiger partial charge in [0.25, 0.3) is 16.1 Å². The van der Waals surface area contributed by atoms with Gasteiger partial charge >= 0.3 is 5.97 Å². The Kier molecular flexibility index (Phi) is 6.38. The predicted octanol–water partition coefficient (Wildman–Crippen LogP) is 3.11. The molecule has 1 saturated heterocycles. The van der Waals surface area contributed by atoms with Crippen molar-refractivity contribution in [2.75, 3.05) is 13.1 Å². The second-order valence-corrected chi connectivity index (χ2v) is 10.6. The molecule has 0 bridgehead atoms. The fourth-order valence-electron chi connectivity index (χ4n) is 4.44. The molecular weight excluding hydrogens is 503 g/mol. The van der Waals surface area contributed by atoms with E-state index in [9.17, 15) is 23.1 Å². The molecule has 1 aliphatic heterocycles. The highest BCUT2D eigenvalue weighted by atomic mass is 35.5. The van der Waals surface area contributed by atoms with Crippen molar-refractivity contribution < 1.29 is 23.1 Å². The Balaban J connectivity index is 1.81. The summed E-state index contributed by atoms with van der Waals surface area (Å²) >= 11 is 12.4. The lowest BCUT2D eigenvalue weighted by molar-refractivity contribution is 0.0696. The van der Waals surface area contributed by atoms with Crippen LogP contribution in [0, 0.1) is 0 Å². The molecule has 3 aromatic rings. The Hall–Kier alpha value is -2.63. The van der Waals surface area contributed by atoms with Crippen LogP contribution in [0.4, 0.5) is 0 Å². The largest absolute Gasteiger partial charge is 0.478 e. The van der Waals surface area contributed by atoms with Crippen LogP contribution in [-0.4, -0.2) is 47.4 Å². The second-order valence-electron chi connectivity index (χ2n) is 8.29. The number of nitrogens with one attached hydrogen (secondary N) is 1. The summed E-state index contributed by atoms with van der Waals surface area (Å²) in [5, 5.41) is 19.1. The monoisotopic (exact) mass is 524 g/mol. The van der Waals surface area contributed by atoms with Crippen molar-refractivity contribution >= 4 is 56.2 Å². The van der Waals surface area contributed by atoms with Gasteiger partial charge in [0.1, 0.15) is 5.69 Å². The zero-order valence-electron chi connectivity index (χ0n) is 18.1. The summed E-state index contributed by atoms with van der Waals surface area (Å²) in [5.41, 5.74) is 0.251. The molecule has 180 valence electrons. The highest BCUT2D eigenvalue weighted by Crippen LogP contribution is 2.35. The number of aryl methyl sites for hydroxylation is 1. The molecule has 0 aliphatic carbocycles. The number of piperidine rings is 1. The lowest BCUT2D eigenvalue weighted by Crippen LogP contribution is -2.58. The number of hydrogen-bond donors (Lipinski definition) is 3. The molecule has 9 nitrogen and oxygen atoms in total. The van der Waals surface area contributed by atoms with E-state index in [2.05, 4.69) is 5.32 Å². The molecule has 1 aromatic heterocycles. The van der Waals surface area contributed by atoms with Crippen molar-refractivity contribution in [3.63, 3.8) is 0 Å². The van der Waals surface area contributed by atoms with E-state index in [4.69, 9.17) is 28.3 Å². The topological polar surface area (TPSA) is 135 Å². The summed E-state index contributed by atoms with van der Waals surface area (Å²) < 4.78 is 27.0. The maximum Gasteiger partial charge on any atom is 0.335 e. The Morgan fingerprint density at radius 2 is 1.91 bits per heavy atom. The third-order valence-electron chi connectivity index (χ3n) is 6.18. The van der Waals surface area contributed by atoms with Crippen molar-refractivity contribution in [3.8, 4) is 0 Å². The van der Waals surface area contributed by atoms with Gasteiger partial charge in [0.05, 0.1) is 21.1 Å². The molecule has 0 radical (unpaired) electrons. The van der Waals surface area contributed by atoms with E-state index >= 15 is 0 Å². The maximum atomic E-state index is 13.5. The van der Waals surface area contributed by atoms with E-state index in [1.807, 2.05) is 0 Å². The zero-order valence-corrected chi connectivity index (χ0v) is 20.4. The first-order chi connectivity index (χ1) is 15.9. The number of halogens is 2. The van der Waals surface area contributed by atoms with E-state index in [1.54, 1.807) is 41.9 Å². The van der Waals surface area contributed by atoms with Crippen LogP contribution in [0.5, 0.6) is 0 Å². The molecule has 4 N–H and O–H groups in total. The minimum absolute atomic E-state index is 0.0184. The molecule has 1 fully saturated rings. The fourth-order valence-corrected chi connectivity index (χ4v) is 5.60. The molecule has 4 rings (SSSR count). The van der Waals surface area contributed by atoms with Crippen LogP contribution < -0.4 is 10.5 Å². The van der Waals surface area contributed by atoms with Crippen molar-refractivity contribution in [2.24, 2.45) is 12.2 Å². The number of benzene rings is 2. The Bertz CT molecular complexity index is 1420. The first-order valence-electron chi connectivity index (χ1n) is 10.3. The number of carboxylic acid groups (broad SMARTS) is 1. The summed E-state index contributed by atoms with van der Waals surface area (Å²) in [5.74, 6) is -1.62. The normalized spacial score (nSPS) is 19.3. The number of carbonyl (C=O) groups excluding carboxylic acids is 1. The molecule has 0 saturated carbocycles. The number of hydrogen-bond acceptors (Lipinski definition) is 4. The molecule has 0 spiro atoms. The Labute approximate surface area is 206 Å². The van der Waals surface area contributed by atoms with Crippen molar-refractivity contribution in [1.29, 1.82) is 0 Å². The summed E-state index contributed by atoms with van der Waals surface area (Å²) in [6.45, 7) is 0.0500. The third-order valence-corrected chi connectivity index (χ3v) is 8.03. The van der Waals surface area contributed by atoms with Crippen LogP contribution in [0.15, 0.2) is 42.5 Å². The number of aromatic nitrogens is 1. The van der Waals surface area contributed by atoms with E-state index < -0.39 is 27.6 Å². The van der Waals surface area contributed by atoms with E-state index in [-0.39, 0.29) is 24.3 Å². The quantitative estimate of drug-likeness (QED) is 0.471. The SMILES string of the molecule is Cn1c(C(=O)NC2(c3cccc(C(=O)O)c3)CCCN(S(N)(=O)=O)C2)cc2c(Cl)c(Cl)ccc21. The van der Waals surface area contributed by atoms with Crippen LogP contribution >= 0.6 is 23.2 Å². The Morgan fingerprint density at radius 1 is 1.18 bits per heavy atom. The molecule has 1 unspecified atom stereocenters. The fraction of sp³-hybridized carbons (Fsp3) is 0.273. The number of nitrogens with zero attached hydrogens (tertiary/aromatic N) is 2. The lowest BCUT2D eigenvalue weighted by atomic mass is 9.82. The highest BCUT2D eigenvalue weighted by molar-refractivity contribution is 7.86. The molecule has 2 heterocycles. The van der Waals surface area contributed by atoms with E-state index in [0.29, 0.717) is 39.4 Å². The van der Waals surface area contributed by atoms with Gasteiger partial charge in [0.15, 0.2) is 0 Å². The predicted molar refractivity (Wildman–Crippen MR) is 129 cm³/mol. The average Bonchev–Trinajstić information content (AvgIpc) is 3.13. The minimum atomic E-state index is -4.04. The van der Waals surface area contributed by atoms with Gasteiger partial charge in [-0.15, -0.1) is 0 Å². The average molecular weight is 525 g/mol. The van der Waals surface area contributed by atoms with Gasteiger partial charge in [-0.3, -0.25) is 4.79 Å². The number of carbonyl (C=O) groups is 2. The van der Waals surface area contributed by atoms with Crippen LogP contribution in [-0.2, 0) is 22.8 Å². The van der Waals surface area contributed by atoms with Gasteiger partial charge < -0.3 is 15.0 Å². The van der Waals surface area contributed by atoms with Gasteiger partial charge in [0, 0.05) is 31.0 Å². The van der Waals surface area contributed by atoms with Crippen molar-refractivity contribution in [1.82, 2.24) is 14.2 Å². The van der Waals surface area contributed by atoms with E-state index in [1.165, 1.54) is 12.1 Å². The molecule has 12 heteroatoms. The minimum Gasteiger partial charge on any atom is -0.478 e. The summed E-state index contributed by atoms with van der Waals surface area (Å²) in [6, 6.07) is 11.1. The first-order valence-corrected chi connectivity index (χ1v) is 12.6. The van der Waals surface area contributed by atoms with Crippen LogP contribution in [0.1, 0.15) is 39.3 Å². The van der Waals surface area contributed by atoms with Gasteiger partial charge in [-0.2, -0.15) is 12.7 Å². The van der Waals surface area contributed by atoms with Crippen molar-refractivity contribution in [3.05, 3.63) is 69.3 Å². The smallest absolute Gasteiger partial charge is 0.335 e. The third kappa shape index (κ3) is 4.39. The number of fused-ring (bicyclic) bond motifs is 1. The van der Waals surface area contributed by atoms with Crippen LogP contribution in [0.25, 0.3) is 10.9 Å². The number of aromatic carboxylic acids is 1. The first kappa shape index (κ1) is 24.5. The van der Waals surface area contributed by atoms with Gasteiger partial charge in [0.2, 0.25) is 0 Å². The standard InChI is InChI=1S/C22H22Cl2N4O5S/c1-27-17-7-6-16(23)19(24)15(17)11-18(27)20(29)26-22(8-3-9-28(12-22)34(25,32)33)14-5-2-4-13(10-14)21(30)31/h2,4-7,10-11H,3,8-9,12H2,1H3,(H,26,29)(H,30,31)(H2,25,32,33). The highest BCUT2D eigenvalue weighted by Gasteiger charge is 2.42. The van der Waals surface area contributed by atoms with E-state index in [0.717, 1.165) is 4.31 Å². The molecule has 2 aromatic carbocycles. The molecule has 1 amide bonds. The number of nitrogens with two attached hydrogens (primary N) is 1. The summed E-state index contributed by atoms with van der Waals surface area (Å²) in [6.07, 6.45) is 0.787. The van der Waals surface area contributed by atoms with Crippen molar-refractivity contribution in [2.45, 2.75) is 18.4 Å². The number of rotatable bonds is 5. The summed E-state index contributed by atoms with van der Waals surface area (Å²) in [7, 11) is -2.34. The molecule has 1 aliphatic rings. The Morgan fingerprint density at radius 3 is 2.59 bits per heavy atom. The maximum absolute atomic E-state index is 13.5. The zero-order chi connectivity index (χ0) is 24.8. The van der Waals surface area contributed by atoms with Gasteiger partial charge in [-0.25, -0.2) is 9.93 Å². The molecule has 34 heavy (non-hydrogen) atoms. The second kappa shape index (κ2) is 8.86.